The van der Waals surface area contributed by atoms with Gasteiger partial charge in [0.2, 0.25) is 0 Å². The highest BCUT2D eigenvalue weighted by Gasteiger charge is 2.08. The van der Waals surface area contributed by atoms with Crippen LogP contribution in [0.5, 0.6) is 0 Å². The van der Waals surface area contributed by atoms with Gasteiger partial charge >= 0.3 is 0 Å². The summed E-state index contributed by atoms with van der Waals surface area (Å²) in [4.78, 5) is 4.94. The Morgan fingerprint density at radius 1 is 0.724 bits per heavy atom. The SMILES string of the molecule is CCO/C(=C\C(=N\c1ccccc1)c1ccc2ccccc2c1)c1ccccc1. The number of allylic oxidation sites excluding steroid dienone is 1. The van der Waals surface area contributed by atoms with Gasteiger partial charge in [0.15, 0.2) is 0 Å². The summed E-state index contributed by atoms with van der Waals surface area (Å²) in [5.74, 6) is 0.816. The topological polar surface area (TPSA) is 21.6 Å². The molecule has 0 fully saturated rings. The van der Waals surface area contributed by atoms with Crippen molar-refractivity contribution in [2.24, 2.45) is 4.99 Å². The summed E-state index contributed by atoms with van der Waals surface area (Å²) in [6.45, 7) is 2.60. The van der Waals surface area contributed by atoms with E-state index in [1.54, 1.807) is 0 Å². The molecule has 0 unspecified atom stereocenters. The van der Waals surface area contributed by atoms with E-state index in [2.05, 4.69) is 54.6 Å². The van der Waals surface area contributed by atoms with Crippen LogP contribution >= 0.6 is 0 Å². The molecule has 0 saturated heterocycles. The van der Waals surface area contributed by atoms with Gasteiger partial charge in [0.1, 0.15) is 5.76 Å². The van der Waals surface area contributed by atoms with Crippen LogP contribution in [0.1, 0.15) is 18.1 Å². The van der Waals surface area contributed by atoms with E-state index in [0.717, 1.165) is 28.3 Å². The Morgan fingerprint density at radius 3 is 2.10 bits per heavy atom. The van der Waals surface area contributed by atoms with Crippen LogP contribution in [0.15, 0.2) is 114 Å². The minimum Gasteiger partial charge on any atom is -0.493 e. The fourth-order valence-electron chi connectivity index (χ4n) is 3.26. The number of para-hydroxylation sites is 1. The number of nitrogens with zero attached hydrogens (tertiary/aromatic N) is 1. The number of aliphatic imine (C=N–C) groups is 1. The fraction of sp³-hybridized carbons (Fsp3) is 0.0741. The molecule has 0 N–H and O–H groups in total. The molecule has 0 amide bonds. The first-order chi connectivity index (χ1) is 14.3. The number of benzene rings is 4. The average Bonchev–Trinajstić information content (AvgIpc) is 2.79. The van der Waals surface area contributed by atoms with Gasteiger partial charge in [-0.05, 0) is 35.9 Å². The molecule has 4 aromatic rings. The monoisotopic (exact) mass is 377 g/mol. The first-order valence-corrected chi connectivity index (χ1v) is 9.86. The predicted molar refractivity (Wildman–Crippen MR) is 123 cm³/mol. The van der Waals surface area contributed by atoms with E-state index in [0.29, 0.717) is 6.61 Å². The van der Waals surface area contributed by atoms with Crippen LogP contribution in [0, 0.1) is 0 Å². The normalized spacial score (nSPS) is 12.2. The molecule has 4 aromatic carbocycles. The number of ether oxygens (including phenoxy) is 1. The van der Waals surface area contributed by atoms with Crippen LogP contribution in [0.25, 0.3) is 16.5 Å². The Hall–Kier alpha value is -3.65. The standard InChI is InChI=1S/C27H23NO/c1-2-29-27(22-12-5-3-6-13-22)20-26(28-25-15-7-4-8-16-25)24-18-17-21-11-9-10-14-23(21)19-24/h3-20H,2H2,1H3/b27-20-,28-26-. The highest BCUT2D eigenvalue weighted by Crippen LogP contribution is 2.22. The predicted octanol–water partition coefficient (Wildman–Crippen LogP) is 7.04. The van der Waals surface area contributed by atoms with Gasteiger partial charge in [-0.2, -0.15) is 0 Å². The molecule has 0 atom stereocenters. The summed E-state index contributed by atoms with van der Waals surface area (Å²) in [5, 5.41) is 2.41. The molecule has 0 aliphatic carbocycles. The van der Waals surface area contributed by atoms with Crippen molar-refractivity contribution < 1.29 is 4.74 Å². The number of fused-ring (bicyclic) bond motifs is 1. The summed E-state index contributed by atoms with van der Waals surface area (Å²) < 4.78 is 5.99. The molecule has 0 spiro atoms. The van der Waals surface area contributed by atoms with Gasteiger partial charge in [-0.1, -0.05) is 84.9 Å². The molecule has 2 nitrogen and oxygen atoms in total. The van der Waals surface area contributed by atoms with Crippen molar-refractivity contribution >= 4 is 27.9 Å². The Labute approximate surface area is 171 Å². The second-order valence-electron chi connectivity index (χ2n) is 6.70. The van der Waals surface area contributed by atoms with E-state index in [1.165, 1.54) is 10.8 Å². The van der Waals surface area contributed by atoms with E-state index in [1.807, 2.05) is 61.5 Å². The lowest BCUT2D eigenvalue weighted by Crippen LogP contribution is -2.01. The smallest absolute Gasteiger partial charge is 0.128 e. The molecule has 0 heterocycles. The molecule has 142 valence electrons. The van der Waals surface area contributed by atoms with Gasteiger partial charge in [-0.15, -0.1) is 0 Å². The van der Waals surface area contributed by atoms with Crippen molar-refractivity contribution in [3.8, 4) is 0 Å². The zero-order chi connectivity index (χ0) is 19.9. The molecular weight excluding hydrogens is 354 g/mol. The van der Waals surface area contributed by atoms with Crippen LogP contribution in [-0.2, 0) is 4.74 Å². The lowest BCUT2D eigenvalue weighted by atomic mass is 10.0. The van der Waals surface area contributed by atoms with E-state index in [4.69, 9.17) is 9.73 Å². The Bertz CT molecular complexity index is 1140. The minimum atomic E-state index is 0.594. The van der Waals surface area contributed by atoms with Gasteiger partial charge in [-0.3, -0.25) is 0 Å². The highest BCUT2D eigenvalue weighted by molar-refractivity contribution is 6.14. The molecular formula is C27H23NO. The second kappa shape index (κ2) is 9.03. The first-order valence-electron chi connectivity index (χ1n) is 9.86. The number of rotatable bonds is 6. The first kappa shape index (κ1) is 18.7. The average molecular weight is 377 g/mol. The third-order valence-corrected chi connectivity index (χ3v) is 4.68. The summed E-state index contributed by atoms with van der Waals surface area (Å²) in [7, 11) is 0. The molecule has 0 radical (unpaired) electrons. The third kappa shape index (κ3) is 4.61. The van der Waals surface area contributed by atoms with E-state index in [9.17, 15) is 0 Å². The fourth-order valence-corrected chi connectivity index (χ4v) is 3.26. The molecule has 0 saturated carbocycles. The Morgan fingerprint density at radius 2 is 1.38 bits per heavy atom. The number of hydrogen-bond donors (Lipinski definition) is 0. The molecule has 0 aliphatic rings. The molecule has 0 aromatic heterocycles. The summed E-state index contributed by atoms with van der Waals surface area (Å²) in [5.41, 5.74) is 3.88. The number of hydrogen-bond acceptors (Lipinski definition) is 2. The van der Waals surface area contributed by atoms with Gasteiger partial charge in [0, 0.05) is 17.2 Å². The van der Waals surface area contributed by atoms with Crippen molar-refractivity contribution in [2.45, 2.75) is 6.92 Å². The van der Waals surface area contributed by atoms with Crippen LogP contribution in [-0.4, -0.2) is 12.3 Å². The maximum Gasteiger partial charge on any atom is 0.128 e. The highest BCUT2D eigenvalue weighted by atomic mass is 16.5. The van der Waals surface area contributed by atoms with Crippen LogP contribution in [0.2, 0.25) is 0 Å². The van der Waals surface area contributed by atoms with Crippen LogP contribution < -0.4 is 0 Å². The summed E-state index contributed by atoms with van der Waals surface area (Å²) >= 11 is 0. The van der Waals surface area contributed by atoms with Crippen molar-refractivity contribution in [1.29, 1.82) is 0 Å². The van der Waals surface area contributed by atoms with Crippen molar-refractivity contribution in [1.82, 2.24) is 0 Å². The summed E-state index contributed by atoms with van der Waals surface area (Å²) in [6.07, 6.45) is 2.04. The lowest BCUT2D eigenvalue weighted by Gasteiger charge is -2.11. The van der Waals surface area contributed by atoms with Crippen LogP contribution in [0.4, 0.5) is 5.69 Å². The Kier molecular flexibility index (Phi) is 5.82. The molecule has 0 bridgehead atoms. The maximum absolute atomic E-state index is 5.99. The van der Waals surface area contributed by atoms with Gasteiger partial charge < -0.3 is 4.74 Å². The van der Waals surface area contributed by atoms with Crippen molar-refractivity contribution in [2.75, 3.05) is 6.61 Å². The molecule has 0 aliphatic heterocycles. The Balaban J connectivity index is 1.86. The molecule has 4 rings (SSSR count). The van der Waals surface area contributed by atoms with E-state index in [-0.39, 0.29) is 0 Å². The van der Waals surface area contributed by atoms with Gasteiger partial charge in [0.05, 0.1) is 18.0 Å². The quantitative estimate of drug-likeness (QED) is 0.261. The second-order valence-corrected chi connectivity index (χ2v) is 6.70. The molecule has 29 heavy (non-hydrogen) atoms. The zero-order valence-electron chi connectivity index (χ0n) is 16.5. The third-order valence-electron chi connectivity index (χ3n) is 4.68. The zero-order valence-corrected chi connectivity index (χ0v) is 16.5. The van der Waals surface area contributed by atoms with Crippen molar-refractivity contribution in [3.63, 3.8) is 0 Å². The van der Waals surface area contributed by atoms with Gasteiger partial charge in [0.25, 0.3) is 0 Å². The maximum atomic E-state index is 5.99. The van der Waals surface area contributed by atoms with Gasteiger partial charge in [-0.25, -0.2) is 4.99 Å². The van der Waals surface area contributed by atoms with E-state index >= 15 is 0 Å². The van der Waals surface area contributed by atoms with E-state index < -0.39 is 0 Å². The lowest BCUT2D eigenvalue weighted by molar-refractivity contribution is 0.298. The molecule has 2 heteroatoms. The van der Waals surface area contributed by atoms with Crippen molar-refractivity contribution in [3.05, 3.63) is 120 Å². The summed E-state index contributed by atoms with van der Waals surface area (Å²) in [6, 6.07) is 35.0. The minimum absolute atomic E-state index is 0.594. The van der Waals surface area contributed by atoms with Crippen LogP contribution in [0.3, 0.4) is 0 Å². The largest absolute Gasteiger partial charge is 0.493 e.